The highest BCUT2D eigenvalue weighted by Crippen LogP contribution is 2.21. The molecule has 0 bridgehead atoms. The summed E-state index contributed by atoms with van der Waals surface area (Å²) < 4.78 is 13.1. The molecule has 0 aromatic heterocycles. The van der Waals surface area contributed by atoms with Gasteiger partial charge in [0.25, 0.3) is 0 Å². The second-order valence-electron chi connectivity index (χ2n) is 4.58. The summed E-state index contributed by atoms with van der Waals surface area (Å²) in [6.07, 6.45) is 0.827. The van der Waals surface area contributed by atoms with Crippen molar-refractivity contribution >= 4 is 5.91 Å². The average Bonchev–Trinajstić information content (AvgIpc) is 2.26. The van der Waals surface area contributed by atoms with Crippen molar-refractivity contribution in [3.8, 4) is 0 Å². The third-order valence-corrected chi connectivity index (χ3v) is 2.99. The number of hydrogen-bond donors (Lipinski definition) is 0. The minimum Gasteiger partial charge on any atom is -0.338 e. The van der Waals surface area contributed by atoms with Gasteiger partial charge in [0, 0.05) is 19.0 Å². The zero-order valence-corrected chi connectivity index (χ0v) is 9.66. The van der Waals surface area contributed by atoms with Crippen LogP contribution in [-0.4, -0.2) is 17.4 Å². The molecule has 1 aromatic rings. The highest BCUT2D eigenvalue weighted by Gasteiger charge is 2.22. The molecule has 16 heavy (non-hydrogen) atoms. The van der Waals surface area contributed by atoms with Gasteiger partial charge in [-0.2, -0.15) is 0 Å². The smallest absolute Gasteiger partial charge is 0.225 e. The SMILES string of the molecule is CC(C)C(=O)N1CCc2ccc(F)cc2C1. The molecule has 0 spiro atoms. The molecular weight excluding hydrogens is 205 g/mol. The van der Waals surface area contributed by atoms with Crippen LogP contribution in [0.15, 0.2) is 18.2 Å². The van der Waals surface area contributed by atoms with E-state index < -0.39 is 0 Å². The minimum atomic E-state index is -0.224. The number of benzene rings is 1. The quantitative estimate of drug-likeness (QED) is 0.713. The largest absolute Gasteiger partial charge is 0.338 e. The highest BCUT2D eigenvalue weighted by molar-refractivity contribution is 5.78. The molecule has 0 aliphatic carbocycles. The fourth-order valence-electron chi connectivity index (χ4n) is 2.08. The predicted octanol–water partition coefficient (Wildman–Crippen LogP) is 2.37. The third-order valence-electron chi connectivity index (χ3n) is 2.99. The summed E-state index contributed by atoms with van der Waals surface area (Å²) in [7, 11) is 0. The van der Waals surface area contributed by atoms with Crippen LogP contribution in [-0.2, 0) is 17.8 Å². The first-order valence-corrected chi connectivity index (χ1v) is 5.64. The zero-order chi connectivity index (χ0) is 11.7. The van der Waals surface area contributed by atoms with Crippen molar-refractivity contribution in [1.82, 2.24) is 4.90 Å². The first-order valence-electron chi connectivity index (χ1n) is 5.64. The number of hydrogen-bond acceptors (Lipinski definition) is 1. The van der Waals surface area contributed by atoms with Crippen LogP contribution in [0, 0.1) is 11.7 Å². The van der Waals surface area contributed by atoms with Gasteiger partial charge in [0.2, 0.25) is 5.91 Å². The molecule has 0 atom stereocenters. The molecule has 0 radical (unpaired) electrons. The monoisotopic (exact) mass is 221 g/mol. The van der Waals surface area contributed by atoms with Crippen LogP contribution in [0.25, 0.3) is 0 Å². The Bertz CT molecular complexity index is 414. The van der Waals surface area contributed by atoms with Crippen molar-refractivity contribution in [3.05, 3.63) is 35.1 Å². The third kappa shape index (κ3) is 2.08. The molecular formula is C13H16FNO. The van der Waals surface area contributed by atoms with E-state index in [4.69, 9.17) is 0 Å². The Morgan fingerprint density at radius 1 is 1.38 bits per heavy atom. The highest BCUT2D eigenvalue weighted by atomic mass is 19.1. The first-order chi connectivity index (χ1) is 7.58. The number of carbonyl (C=O) groups excluding carboxylic acids is 1. The molecule has 2 nitrogen and oxygen atoms in total. The number of halogens is 1. The Morgan fingerprint density at radius 2 is 2.12 bits per heavy atom. The summed E-state index contributed by atoms with van der Waals surface area (Å²) in [5, 5.41) is 0. The van der Waals surface area contributed by atoms with Gasteiger partial charge in [0.15, 0.2) is 0 Å². The Hall–Kier alpha value is -1.38. The normalized spacial score (nSPS) is 15.1. The van der Waals surface area contributed by atoms with Crippen molar-refractivity contribution in [1.29, 1.82) is 0 Å². The second kappa shape index (κ2) is 4.24. The predicted molar refractivity (Wildman–Crippen MR) is 60.4 cm³/mol. The molecule has 0 fully saturated rings. The fourth-order valence-corrected chi connectivity index (χ4v) is 2.08. The number of fused-ring (bicyclic) bond motifs is 1. The lowest BCUT2D eigenvalue weighted by atomic mass is 9.98. The van der Waals surface area contributed by atoms with E-state index in [-0.39, 0.29) is 17.6 Å². The van der Waals surface area contributed by atoms with E-state index in [2.05, 4.69) is 0 Å². The van der Waals surface area contributed by atoms with Crippen molar-refractivity contribution in [3.63, 3.8) is 0 Å². The molecule has 0 saturated carbocycles. The van der Waals surface area contributed by atoms with E-state index >= 15 is 0 Å². The Labute approximate surface area is 95.1 Å². The molecule has 0 N–H and O–H groups in total. The number of amides is 1. The first kappa shape index (κ1) is 11.1. The molecule has 0 saturated heterocycles. The maximum atomic E-state index is 13.1. The summed E-state index contributed by atoms with van der Waals surface area (Å²) in [4.78, 5) is 13.6. The standard InChI is InChI=1S/C13H16FNO/c1-9(2)13(16)15-6-5-10-3-4-12(14)7-11(10)8-15/h3-4,7,9H,5-6,8H2,1-2H3. The molecule has 1 aliphatic heterocycles. The lowest BCUT2D eigenvalue weighted by Crippen LogP contribution is -2.38. The molecule has 1 amide bonds. The molecule has 86 valence electrons. The van der Waals surface area contributed by atoms with Crippen molar-refractivity contribution < 1.29 is 9.18 Å². The van der Waals surface area contributed by atoms with Gasteiger partial charge < -0.3 is 4.90 Å². The maximum Gasteiger partial charge on any atom is 0.225 e. The van der Waals surface area contributed by atoms with Crippen LogP contribution in [0.3, 0.4) is 0 Å². The number of nitrogens with zero attached hydrogens (tertiary/aromatic N) is 1. The van der Waals surface area contributed by atoms with Crippen LogP contribution in [0.1, 0.15) is 25.0 Å². The van der Waals surface area contributed by atoms with Crippen LogP contribution in [0.5, 0.6) is 0 Å². The van der Waals surface area contributed by atoms with Crippen molar-refractivity contribution in [2.75, 3.05) is 6.54 Å². The summed E-state index contributed by atoms with van der Waals surface area (Å²) in [6, 6.07) is 4.84. The van der Waals surface area contributed by atoms with Crippen LogP contribution in [0.2, 0.25) is 0 Å². The molecule has 1 aliphatic rings. The van der Waals surface area contributed by atoms with Crippen LogP contribution < -0.4 is 0 Å². The molecule has 1 aromatic carbocycles. The summed E-state index contributed by atoms with van der Waals surface area (Å²) in [6.45, 7) is 5.08. The van der Waals surface area contributed by atoms with Crippen molar-refractivity contribution in [2.24, 2.45) is 5.92 Å². The summed E-state index contributed by atoms with van der Waals surface area (Å²) in [5.41, 5.74) is 2.11. The van der Waals surface area contributed by atoms with Crippen molar-refractivity contribution in [2.45, 2.75) is 26.8 Å². The Kier molecular flexibility index (Phi) is 2.95. The number of rotatable bonds is 1. The molecule has 2 rings (SSSR count). The fraction of sp³-hybridized carbons (Fsp3) is 0.462. The maximum absolute atomic E-state index is 13.1. The zero-order valence-electron chi connectivity index (χ0n) is 9.66. The lowest BCUT2D eigenvalue weighted by Gasteiger charge is -2.30. The van der Waals surface area contributed by atoms with E-state index in [1.165, 1.54) is 12.1 Å². The van der Waals surface area contributed by atoms with Crippen LogP contribution in [0.4, 0.5) is 4.39 Å². The Balaban J connectivity index is 2.20. The Morgan fingerprint density at radius 3 is 2.81 bits per heavy atom. The van der Waals surface area contributed by atoms with Crippen LogP contribution >= 0.6 is 0 Å². The minimum absolute atomic E-state index is 0.00936. The van der Waals surface area contributed by atoms with E-state index in [9.17, 15) is 9.18 Å². The van der Waals surface area contributed by atoms with Gasteiger partial charge in [0.1, 0.15) is 5.82 Å². The van der Waals surface area contributed by atoms with Gasteiger partial charge in [-0.25, -0.2) is 4.39 Å². The van der Waals surface area contributed by atoms with Gasteiger partial charge in [-0.1, -0.05) is 19.9 Å². The van der Waals surface area contributed by atoms with Gasteiger partial charge in [-0.15, -0.1) is 0 Å². The second-order valence-corrected chi connectivity index (χ2v) is 4.58. The molecule has 3 heteroatoms. The summed E-state index contributed by atoms with van der Waals surface area (Å²) in [5.74, 6) is -0.0670. The van der Waals surface area contributed by atoms with E-state index in [1.807, 2.05) is 24.8 Å². The van der Waals surface area contributed by atoms with E-state index in [0.717, 1.165) is 24.1 Å². The van der Waals surface area contributed by atoms with E-state index in [0.29, 0.717) is 6.54 Å². The molecule has 1 heterocycles. The van der Waals surface area contributed by atoms with Gasteiger partial charge in [0.05, 0.1) is 0 Å². The lowest BCUT2D eigenvalue weighted by molar-refractivity contribution is -0.135. The molecule has 0 unspecified atom stereocenters. The number of carbonyl (C=O) groups is 1. The van der Waals surface area contributed by atoms with Gasteiger partial charge >= 0.3 is 0 Å². The van der Waals surface area contributed by atoms with Gasteiger partial charge in [-0.05, 0) is 29.7 Å². The van der Waals surface area contributed by atoms with Gasteiger partial charge in [-0.3, -0.25) is 4.79 Å². The average molecular weight is 221 g/mol. The summed E-state index contributed by atoms with van der Waals surface area (Å²) >= 11 is 0. The van der Waals surface area contributed by atoms with E-state index in [1.54, 1.807) is 0 Å². The topological polar surface area (TPSA) is 20.3 Å².